The molecule has 0 unspecified atom stereocenters. The van der Waals surface area contributed by atoms with Gasteiger partial charge in [-0.25, -0.2) is 0 Å². The van der Waals surface area contributed by atoms with Crippen molar-refractivity contribution >= 4 is 11.6 Å². The van der Waals surface area contributed by atoms with Crippen molar-refractivity contribution in [3.05, 3.63) is 29.3 Å². The maximum absolute atomic E-state index is 12.6. The summed E-state index contributed by atoms with van der Waals surface area (Å²) in [5, 5.41) is 0. The lowest BCUT2D eigenvalue weighted by Crippen LogP contribution is -2.49. The summed E-state index contributed by atoms with van der Waals surface area (Å²) in [6.07, 6.45) is 3.09. The Morgan fingerprint density at radius 1 is 1.04 bits per heavy atom. The van der Waals surface area contributed by atoms with E-state index in [0.717, 1.165) is 45.7 Å². The number of rotatable bonds is 3. The van der Waals surface area contributed by atoms with Crippen LogP contribution >= 0.6 is 0 Å². The van der Waals surface area contributed by atoms with Crippen molar-refractivity contribution in [3.63, 3.8) is 0 Å². The Bertz CT molecular complexity index is 570. The summed E-state index contributed by atoms with van der Waals surface area (Å²) in [7, 11) is 2.17. The quantitative estimate of drug-likeness (QED) is 0.853. The van der Waals surface area contributed by atoms with E-state index >= 15 is 0 Å². The number of carbonyl (C=O) groups is 1. The molecule has 2 aliphatic heterocycles. The van der Waals surface area contributed by atoms with Gasteiger partial charge in [-0.2, -0.15) is 0 Å². The van der Waals surface area contributed by atoms with Crippen LogP contribution in [0.25, 0.3) is 0 Å². The largest absolute Gasteiger partial charge is 0.368 e. The molecule has 132 valence electrons. The Balaban J connectivity index is 1.51. The molecule has 2 aliphatic rings. The van der Waals surface area contributed by atoms with E-state index < -0.39 is 0 Å². The Morgan fingerprint density at radius 2 is 1.71 bits per heavy atom. The Morgan fingerprint density at radius 3 is 2.38 bits per heavy atom. The summed E-state index contributed by atoms with van der Waals surface area (Å²) in [5.74, 6) is 0.955. The monoisotopic (exact) mass is 329 g/mol. The highest BCUT2D eigenvalue weighted by Crippen LogP contribution is 2.25. The second-order valence-corrected chi connectivity index (χ2v) is 7.54. The Hall–Kier alpha value is -1.55. The molecule has 2 fully saturated rings. The molecular weight excluding hydrogens is 298 g/mol. The number of amides is 1. The van der Waals surface area contributed by atoms with Gasteiger partial charge in [-0.15, -0.1) is 0 Å². The van der Waals surface area contributed by atoms with Crippen LogP contribution in [-0.2, 0) is 4.79 Å². The molecule has 0 atom stereocenters. The highest BCUT2D eigenvalue weighted by Gasteiger charge is 2.25. The van der Waals surface area contributed by atoms with Crippen LogP contribution in [0.15, 0.2) is 18.2 Å². The molecule has 1 aromatic rings. The van der Waals surface area contributed by atoms with E-state index in [2.05, 4.69) is 53.8 Å². The van der Waals surface area contributed by atoms with Crippen molar-refractivity contribution in [2.24, 2.45) is 5.92 Å². The van der Waals surface area contributed by atoms with E-state index in [1.54, 1.807) is 0 Å². The van der Waals surface area contributed by atoms with Crippen molar-refractivity contribution in [2.75, 3.05) is 51.2 Å². The number of nitrogens with zero attached hydrogens (tertiary/aromatic N) is 3. The van der Waals surface area contributed by atoms with Gasteiger partial charge in [0, 0.05) is 38.3 Å². The first-order valence-corrected chi connectivity index (χ1v) is 9.32. The zero-order valence-corrected chi connectivity index (χ0v) is 15.4. The lowest BCUT2D eigenvalue weighted by Gasteiger charge is -2.38. The van der Waals surface area contributed by atoms with Gasteiger partial charge < -0.3 is 14.7 Å². The van der Waals surface area contributed by atoms with Crippen molar-refractivity contribution < 1.29 is 4.79 Å². The molecule has 0 aliphatic carbocycles. The second kappa shape index (κ2) is 7.56. The van der Waals surface area contributed by atoms with Crippen LogP contribution < -0.4 is 4.90 Å². The first-order chi connectivity index (χ1) is 11.5. The molecule has 2 saturated heterocycles. The molecular formula is C20H31N3O. The Kier molecular flexibility index (Phi) is 5.44. The van der Waals surface area contributed by atoms with Crippen molar-refractivity contribution in [3.8, 4) is 0 Å². The molecule has 0 spiro atoms. The van der Waals surface area contributed by atoms with Gasteiger partial charge >= 0.3 is 0 Å². The van der Waals surface area contributed by atoms with Crippen molar-refractivity contribution in [1.29, 1.82) is 0 Å². The normalized spacial score (nSPS) is 20.5. The third-order valence-electron chi connectivity index (χ3n) is 5.85. The maximum Gasteiger partial charge on any atom is 0.222 e. The standard InChI is InChI=1S/C20H31N3O/c1-16-5-4-6-19(17(16)2)22-11-13-23(14-12-22)20(24)15-18-7-9-21(3)10-8-18/h4-6,18H,7-15H2,1-3H3. The fourth-order valence-electron chi connectivity index (χ4n) is 3.92. The number of anilines is 1. The first kappa shape index (κ1) is 17.3. The molecule has 0 N–H and O–H groups in total. The summed E-state index contributed by atoms with van der Waals surface area (Å²) in [4.78, 5) is 19.5. The second-order valence-electron chi connectivity index (χ2n) is 7.54. The van der Waals surface area contributed by atoms with Gasteiger partial charge in [0.15, 0.2) is 0 Å². The van der Waals surface area contributed by atoms with Crippen LogP contribution in [0.2, 0.25) is 0 Å². The third kappa shape index (κ3) is 3.92. The van der Waals surface area contributed by atoms with Gasteiger partial charge in [0.2, 0.25) is 5.91 Å². The first-order valence-electron chi connectivity index (χ1n) is 9.32. The van der Waals surface area contributed by atoms with Crippen LogP contribution in [0.5, 0.6) is 0 Å². The van der Waals surface area contributed by atoms with Gasteiger partial charge in [-0.3, -0.25) is 4.79 Å². The number of carbonyl (C=O) groups excluding carboxylic acids is 1. The molecule has 0 radical (unpaired) electrons. The van der Waals surface area contributed by atoms with Gasteiger partial charge in [0.25, 0.3) is 0 Å². The van der Waals surface area contributed by atoms with Crippen LogP contribution in [0.1, 0.15) is 30.4 Å². The average molecular weight is 329 g/mol. The Labute approximate surface area is 146 Å². The van der Waals surface area contributed by atoms with E-state index in [9.17, 15) is 4.79 Å². The number of hydrogen-bond acceptors (Lipinski definition) is 3. The number of aryl methyl sites for hydroxylation is 1. The van der Waals surface area contributed by atoms with E-state index in [1.165, 1.54) is 29.7 Å². The lowest BCUT2D eigenvalue weighted by molar-refractivity contribution is -0.132. The zero-order chi connectivity index (χ0) is 17.1. The molecule has 2 heterocycles. The van der Waals surface area contributed by atoms with Crippen LogP contribution in [0.4, 0.5) is 5.69 Å². The molecule has 4 heteroatoms. The van der Waals surface area contributed by atoms with E-state index in [0.29, 0.717) is 11.8 Å². The van der Waals surface area contributed by atoms with Gasteiger partial charge in [-0.05, 0) is 69.9 Å². The minimum Gasteiger partial charge on any atom is -0.368 e. The summed E-state index contributed by atoms with van der Waals surface area (Å²) in [6.45, 7) is 10.3. The minimum absolute atomic E-state index is 0.366. The van der Waals surface area contributed by atoms with Crippen LogP contribution in [-0.4, -0.2) is 62.0 Å². The minimum atomic E-state index is 0.366. The van der Waals surface area contributed by atoms with Crippen LogP contribution in [0.3, 0.4) is 0 Å². The van der Waals surface area contributed by atoms with Gasteiger partial charge in [0.1, 0.15) is 0 Å². The topological polar surface area (TPSA) is 26.8 Å². The van der Waals surface area contributed by atoms with E-state index in [-0.39, 0.29) is 0 Å². The SMILES string of the molecule is Cc1cccc(N2CCN(C(=O)CC3CCN(C)CC3)CC2)c1C. The molecule has 0 bridgehead atoms. The lowest BCUT2D eigenvalue weighted by atomic mass is 9.93. The third-order valence-corrected chi connectivity index (χ3v) is 5.85. The molecule has 1 amide bonds. The number of hydrogen-bond donors (Lipinski definition) is 0. The number of piperazine rings is 1. The van der Waals surface area contributed by atoms with Gasteiger partial charge in [0.05, 0.1) is 0 Å². The molecule has 0 aromatic heterocycles. The maximum atomic E-state index is 12.6. The highest BCUT2D eigenvalue weighted by atomic mass is 16.2. The van der Waals surface area contributed by atoms with Crippen molar-refractivity contribution in [2.45, 2.75) is 33.1 Å². The fourth-order valence-corrected chi connectivity index (χ4v) is 3.92. The number of likely N-dealkylation sites (tertiary alicyclic amines) is 1. The molecule has 4 nitrogen and oxygen atoms in total. The molecule has 24 heavy (non-hydrogen) atoms. The van der Waals surface area contributed by atoms with Crippen LogP contribution in [0, 0.1) is 19.8 Å². The molecule has 3 rings (SSSR count). The smallest absolute Gasteiger partial charge is 0.222 e. The fraction of sp³-hybridized carbons (Fsp3) is 0.650. The summed E-state index contributed by atoms with van der Waals surface area (Å²) >= 11 is 0. The summed E-state index contributed by atoms with van der Waals surface area (Å²) in [5.41, 5.74) is 4.04. The van der Waals surface area contributed by atoms with Crippen molar-refractivity contribution in [1.82, 2.24) is 9.80 Å². The molecule has 0 saturated carbocycles. The average Bonchev–Trinajstić information content (AvgIpc) is 2.59. The summed E-state index contributed by atoms with van der Waals surface area (Å²) < 4.78 is 0. The molecule has 1 aromatic carbocycles. The van der Waals surface area contributed by atoms with Gasteiger partial charge in [-0.1, -0.05) is 12.1 Å². The number of piperidine rings is 1. The highest BCUT2D eigenvalue weighted by molar-refractivity contribution is 5.77. The predicted octanol–water partition coefficient (Wildman–Crippen LogP) is 2.68. The van der Waals surface area contributed by atoms with E-state index in [1.807, 2.05) is 0 Å². The zero-order valence-electron chi connectivity index (χ0n) is 15.4. The predicted molar refractivity (Wildman–Crippen MR) is 99.5 cm³/mol. The number of benzene rings is 1. The van der Waals surface area contributed by atoms with E-state index in [4.69, 9.17) is 0 Å². The summed E-state index contributed by atoms with van der Waals surface area (Å²) in [6, 6.07) is 6.51.